The van der Waals surface area contributed by atoms with Crippen LogP contribution in [0.1, 0.15) is 23.2 Å². The molecular weight excluding hydrogens is 521 g/mol. The van der Waals surface area contributed by atoms with Crippen molar-refractivity contribution in [1.82, 2.24) is 30.4 Å². The lowest BCUT2D eigenvalue weighted by Crippen LogP contribution is -2.40. The molecule has 3 heterocycles. The van der Waals surface area contributed by atoms with Crippen molar-refractivity contribution in [3.63, 3.8) is 0 Å². The number of aromatic nitrogens is 4. The zero-order chi connectivity index (χ0) is 20.6. The largest absolute Gasteiger partial charge is 0.361 e. The first-order chi connectivity index (χ1) is 14.8. The quantitative estimate of drug-likeness (QED) is 0.168. The Morgan fingerprint density at radius 3 is 2.87 bits per heavy atom. The van der Waals surface area contributed by atoms with E-state index in [1.54, 1.807) is 17.7 Å². The summed E-state index contributed by atoms with van der Waals surface area (Å²) in [7, 11) is 0. The molecule has 0 aliphatic carbocycles. The molecule has 4 aromatic rings. The number of aryl methyl sites for hydroxylation is 1. The third-order valence-electron chi connectivity index (χ3n) is 4.99. The molecule has 3 aromatic heterocycles. The molecule has 0 fully saturated rings. The molecule has 164 valence electrons. The number of aliphatic imine (C=N–C) groups is 1. The minimum atomic E-state index is 0. The molecule has 0 aliphatic heterocycles. The zero-order valence-electron chi connectivity index (χ0n) is 17.5. The summed E-state index contributed by atoms with van der Waals surface area (Å²) in [5.41, 5.74) is 2.49. The van der Waals surface area contributed by atoms with Crippen LogP contribution in [0.5, 0.6) is 0 Å². The summed E-state index contributed by atoms with van der Waals surface area (Å²) in [5.74, 6) is 1.83. The van der Waals surface area contributed by atoms with E-state index in [4.69, 9.17) is 4.99 Å². The maximum absolute atomic E-state index is 4.77. The smallest absolute Gasteiger partial charge is 0.191 e. The van der Waals surface area contributed by atoms with E-state index in [1.807, 2.05) is 0 Å². The number of hydrogen-bond acceptors (Lipinski definition) is 4. The standard InChI is InChI=1S/C22H27N7S.HI/c1-2-21-28-27-16-29(21)12-11-24-22(26-15-18-6-5-13-30-18)23-10-9-17-14-25-20-8-4-3-7-19(17)20;/h3-8,13-14,16,25H,2,9-12,15H2,1H3,(H2,23,24,26);1H. The summed E-state index contributed by atoms with van der Waals surface area (Å²) in [6.07, 6.45) is 5.69. The van der Waals surface area contributed by atoms with E-state index in [0.717, 1.165) is 44.3 Å². The van der Waals surface area contributed by atoms with Gasteiger partial charge in [0.05, 0.1) is 6.54 Å². The number of nitrogens with zero attached hydrogens (tertiary/aromatic N) is 4. The van der Waals surface area contributed by atoms with Crippen molar-refractivity contribution in [2.75, 3.05) is 13.1 Å². The first-order valence-electron chi connectivity index (χ1n) is 10.3. The number of fused-ring (bicyclic) bond motifs is 1. The summed E-state index contributed by atoms with van der Waals surface area (Å²) >= 11 is 1.73. The van der Waals surface area contributed by atoms with Gasteiger partial charge in [-0.25, -0.2) is 4.99 Å². The Morgan fingerprint density at radius 2 is 2.03 bits per heavy atom. The van der Waals surface area contributed by atoms with Gasteiger partial charge in [-0.2, -0.15) is 0 Å². The van der Waals surface area contributed by atoms with Gasteiger partial charge in [-0.05, 0) is 29.5 Å². The highest BCUT2D eigenvalue weighted by atomic mass is 127. The molecule has 3 N–H and O–H groups in total. The molecule has 0 bridgehead atoms. The van der Waals surface area contributed by atoms with Crippen LogP contribution in [0.15, 0.2) is 59.3 Å². The van der Waals surface area contributed by atoms with Crippen LogP contribution in [0.3, 0.4) is 0 Å². The molecule has 0 saturated heterocycles. The van der Waals surface area contributed by atoms with Crippen LogP contribution in [-0.4, -0.2) is 38.8 Å². The van der Waals surface area contributed by atoms with Crippen molar-refractivity contribution in [2.45, 2.75) is 32.9 Å². The van der Waals surface area contributed by atoms with E-state index in [-0.39, 0.29) is 24.0 Å². The second-order valence-corrected chi connectivity index (χ2v) is 8.03. The number of para-hydroxylation sites is 1. The second-order valence-electron chi connectivity index (χ2n) is 7.00. The highest BCUT2D eigenvalue weighted by Crippen LogP contribution is 2.17. The molecule has 7 nitrogen and oxygen atoms in total. The van der Waals surface area contributed by atoms with E-state index in [1.165, 1.54) is 21.3 Å². The number of aromatic amines is 1. The van der Waals surface area contributed by atoms with Gasteiger partial charge in [-0.1, -0.05) is 31.2 Å². The Bertz CT molecular complexity index is 1080. The number of thiophene rings is 1. The Morgan fingerprint density at radius 1 is 1.16 bits per heavy atom. The summed E-state index contributed by atoms with van der Waals surface area (Å²) in [5, 5.41) is 18.4. The maximum Gasteiger partial charge on any atom is 0.191 e. The first-order valence-corrected chi connectivity index (χ1v) is 11.2. The Kier molecular flexibility index (Phi) is 8.89. The zero-order valence-corrected chi connectivity index (χ0v) is 20.7. The SMILES string of the molecule is CCc1nncn1CCNC(=NCc1cccs1)NCCc1c[nH]c2ccccc12.I. The van der Waals surface area contributed by atoms with Gasteiger partial charge >= 0.3 is 0 Å². The number of halogens is 1. The molecule has 0 unspecified atom stereocenters. The minimum absolute atomic E-state index is 0. The van der Waals surface area contributed by atoms with Gasteiger partial charge < -0.3 is 20.2 Å². The molecule has 9 heteroatoms. The molecular formula is C22H28IN7S. The summed E-state index contributed by atoms with van der Waals surface area (Å²) < 4.78 is 2.08. The summed E-state index contributed by atoms with van der Waals surface area (Å²) in [6.45, 7) is 5.14. The molecule has 0 saturated carbocycles. The maximum atomic E-state index is 4.77. The van der Waals surface area contributed by atoms with Crippen LogP contribution in [0.2, 0.25) is 0 Å². The third-order valence-corrected chi connectivity index (χ3v) is 5.85. The molecule has 1 aromatic carbocycles. The fourth-order valence-corrected chi connectivity index (χ4v) is 4.05. The van der Waals surface area contributed by atoms with Gasteiger partial charge in [0.15, 0.2) is 5.96 Å². The number of guanidine groups is 1. The highest BCUT2D eigenvalue weighted by molar-refractivity contribution is 14.0. The minimum Gasteiger partial charge on any atom is -0.361 e. The number of nitrogens with one attached hydrogen (secondary N) is 3. The summed E-state index contributed by atoms with van der Waals surface area (Å²) in [4.78, 5) is 9.36. The van der Waals surface area contributed by atoms with E-state index < -0.39 is 0 Å². The van der Waals surface area contributed by atoms with E-state index in [9.17, 15) is 0 Å². The molecule has 4 rings (SSSR count). The van der Waals surface area contributed by atoms with E-state index in [0.29, 0.717) is 6.54 Å². The number of benzene rings is 1. The lowest BCUT2D eigenvalue weighted by molar-refractivity contribution is 0.631. The van der Waals surface area contributed by atoms with Crippen molar-refractivity contribution in [2.24, 2.45) is 4.99 Å². The van der Waals surface area contributed by atoms with Crippen molar-refractivity contribution in [3.8, 4) is 0 Å². The Hall–Kier alpha value is -2.40. The van der Waals surface area contributed by atoms with Gasteiger partial charge in [0, 0.05) is 48.0 Å². The topological polar surface area (TPSA) is 82.9 Å². The fraction of sp³-hybridized carbons (Fsp3) is 0.318. The number of H-pyrrole nitrogens is 1. The fourth-order valence-electron chi connectivity index (χ4n) is 3.42. The molecule has 0 atom stereocenters. The number of rotatable bonds is 9. The number of hydrogen-bond donors (Lipinski definition) is 3. The van der Waals surface area contributed by atoms with Crippen LogP contribution in [0.4, 0.5) is 0 Å². The molecule has 0 amide bonds. The van der Waals surface area contributed by atoms with Crippen LogP contribution < -0.4 is 10.6 Å². The van der Waals surface area contributed by atoms with E-state index in [2.05, 4.69) is 85.3 Å². The highest BCUT2D eigenvalue weighted by Gasteiger charge is 2.05. The van der Waals surface area contributed by atoms with Gasteiger partial charge in [-0.3, -0.25) is 0 Å². The van der Waals surface area contributed by atoms with Gasteiger partial charge in [0.1, 0.15) is 12.2 Å². The summed E-state index contributed by atoms with van der Waals surface area (Å²) in [6, 6.07) is 12.6. The van der Waals surface area contributed by atoms with Crippen molar-refractivity contribution in [3.05, 3.63) is 70.6 Å². The van der Waals surface area contributed by atoms with Crippen LogP contribution in [0, 0.1) is 0 Å². The Balaban J connectivity index is 0.00000272. The average Bonchev–Trinajstić information content (AvgIpc) is 3.53. The second kappa shape index (κ2) is 11.8. The third kappa shape index (κ3) is 6.30. The van der Waals surface area contributed by atoms with E-state index >= 15 is 0 Å². The van der Waals surface area contributed by atoms with Crippen LogP contribution in [0.25, 0.3) is 10.9 Å². The van der Waals surface area contributed by atoms with Gasteiger partial charge in [0.25, 0.3) is 0 Å². The average molecular weight is 549 g/mol. The molecule has 31 heavy (non-hydrogen) atoms. The molecule has 0 spiro atoms. The first kappa shape index (κ1) is 23.3. The lowest BCUT2D eigenvalue weighted by atomic mass is 10.1. The van der Waals surface area contributed by atoms with Crippen LogP contribution in [-0.2, 0) is 25.9 Å². The normalized spacial score (nSPS) is 11.5. The van der Waals surface area contributed by atoms with Crippen LogP contribution >= 0.6 is 35.3 Å². The Labute approximate surface area is 203 Å². The molecule has 0 aliphatic rings. The van der Waals surface area contributed by atoms with Crippen molar-refractivity contribution < 1.29 is 0 Å². The predicted octanol–water partition coefficient (Wildman–Crippen LogP) is 3.98. The van der Waals surface area contributed by atoms with Gasteiger partial charge in [-0.15, -0.1) is 45.5 Å². The predicted molar refractivity (Wildman–Crippen MR) is 138 cm³/mol. The lowest BCUT2D eigenvalue weighted by Gasteiger charge is -2.13. The monoisotopic (exact) mass is 549 g/mol. The molecule has 0 radical (unpaired) electrons. The van der Waals surface area contributed by atoms with Gasteiger partial charge in [0.2, 0.25) is 0 Å². The van der Waals surface area contributed by atoms with Crippen molar-refractivity contribution >= 4 is 52.2 Å². The van der Waals surface area contributed by atoms with Crippen molar-refractivity contribution in [1.29, 1.82) is 0 Å².